The van der Waals surface area contributed by atoms with Gasteiger partial charge in [0.2, 0.25) is 0 Å². The van der Waals surface area contributed by atoms with Gasteiger partial charge < -0.3 is 43.4 Å². The maximum Gasteiger partial charge on any atom is 0.322 e. The molecule has 23 heavy (non-hydrogen) atoms. The van der Waals surface area contributed by atoms with Crippen molar-refractivity contribution in [2.24, 2.45) is 0 Å². The standard InChI is InChI=1S/C16H22ClN3O2.HI/c1-4-9-20(2)10-7-19(8-11-20)16(21)18-14-12-13(17)5-6-15(14)22-3;/h4-6,12H,1,7-11H2,2-3H3;1H. The number of halogens is 2. The Morgan fingerprint density at radius 3 is 2.70 bits per heavy atom. The highest BCUT2D eigenvalue weighted by atomic mass is 127. The summed E-state index contributed by atoms with van der Waals surface area (Å²) in [5, 5.41) is 3.44. The quantitative estimate of drug-likeness (QED) is 0.392. The summed E-state index contributed by atoms with van der Waals surface area (Å²) in [6.45, 7) is 8.02. The number of anilines is 1. The van der Waals surface area contributed by atoms with E-state index in [0.717, 1.165) is 37.2 Å². The Morgan fingerprint density at radius 1 is 1.48 bits per heavy atom. The van der Waals surface area contributed by atoms with Gasteiger partial charge in [-0.05, 0) is 24.3 Å². The van der Waals surface area contributed by atoms with E-state index in [1.807, 2.05) is 11.0 Å². The minimum atomic E-state index is -0.120. The molecule has 0 atom stereocenters. The molecule has 2 amide bonds. The van der Waals surface area contributed by atoms with Crippen LogP contribution in [0.15, 0.2) is 30.9 Å². The van der Waals surface area contributed by atoms with Crippen molar-refractivity contribution in [3.8, 4) is 5.75 Å². The number of nitrogens with one attached hydrogen (secondary N) is 1. The van der Waals surface area contributed by atoms with E-state index in [2.05, 4.69) is 18.9 Å². The first kappa shape index (κ1) is 20.1. The summed E-state index contributed by atoms with van der Waals surface area (Å²) in [7, 11) is 3.76. The third-order valence-electron chi connectivity index (χ3n) is 4.08. The molecule has 0 bridgehead atoms. The smallest absolute Gasteiger partial charge is 0.322 e. The van der Waals surface area contributed by atoms with Crippen LogP contribution < -0.4 is 34.0 Å². The highest BCUT2D eigenvalue weighted by Crippen LogP contribution is 2.28. The molecule has 7 heteroatoms. The van der Waals surface area contributed by atoms with E-state index in [9.17, 15) is 4.79 Å². The molecule has 0 saturated carbocycles. The van der Waals surface area contributed by atoms with Crippen LogP contribution in [0.2, 0.25) is 5.02 Å². The normalized spacial score (nSPS) is 16.2. The number of carbonyl (C=O) groups is 1. The minimum Gasteiger partial charge on any atom is -1.00 e. The molecule has 1 saturated heterocycles. The van der Waals surface area contributed by atoms with E-state index >= 15 is 0 Å². The molecule has 5 nitrogen and oxygen atoms in total. The number of hydrogen-bond donors (Lipinski definition) is 1. The molecule has 0 radical (unpaired) electrons. The molecule has 2 rings (SSSR count). The second-order valence-corrected chi connectivity index (χ2v) is 6.24. The predicted octanol–water partition coefficient (Wildman–Crippen LogP) is -0.167. The molecule has 128 valence electrons. The van der Waals surface area contributed by atoms with Gasteiger partial charge in [-0.2, -0.15) is 0 Å². The number of hydrogen-bond acceptors (Lipinski definition) is 2. The number of nitrogens with zero attached hydrogens (tertiary/aromatic N) is 2. The number of urea groups is 1. The Kier molecular flexibility index (Phi) is 7.63. The number of rotatable bonds is 4. The van der Waals surface area contributed by atoms with Gasteiger partial charge in [-0.3, -0.25) is 0 Å². The Morgan fingerprint density at radius 2 is 2.13 bits per heavy atom. The van der Waals surface area contributed by atoms with E-state index < -0.39 is 0 Å². The van der Waals surface area contributed by atoms with Gasteiger partial charge in [0.25, 0.3) is 0 Å². The lowest BCUT2D eigenvalue weighted by atomic mass is 10.2. The first-order valence-corrected chi connectivity index (χ1v) is 7.69. The molecule has 0 unspecified atom stereocenters. The second-order valence-electron chi connectivity index (χ2n) is 5.80. The van der Waals surface area contributed by atoms with Crippen molar-refractivity contribution >= 4 is 23.3 Å². The summed E-state index contributed by atoms with van der Waals surface area (Å²) < 4.78 is 6.17. The lowest BCUT2D eigenvalue weighted by molar-refractivity contribution is -0.907. The van der Waals surface area contributed by atoms with E-state index in [0.29, 0.717) is 16.5 Å². The number of piperazine rings is 1. The van der Waals surface area contributed by atoms with Crippen molar-refractivity contribution in [2.45, 2.75) is 0 Å². The molecule has 1 aliphatic heterocycles. The van der Waals surface area contributed by atoms with Crippen LogP contribution >= 0.6 is 11.6 Å². The van der Waals surface area contributed by atoms with Crippen molar-refractivity contribution in [3.05, 3.63) is 35.9 Å². The van der Waals surface area contributed by atoms with Gasteiger partial charge in [0.05, 0.1) is 52.6 Å². The third-order valence-corrected chi connectivity index (χ3v) is 4.31. The van der Waals surface area contributed by atoms with Gasteiger partial charge in [-0.1, -0.05) is 18.2 Å². The zero-order valence-corrected chi connectivity index (χ0v) is 16.4. The van der Waals surface area contributed by atoms with E-state index in [4.69, 9.17) is 16.3 Å². The molecular formula is C16H23ClIN3O2. The average molecular weight is 452 g/mol. The highest BCUT2D eigenvalue weighted by Gasteiger charge is 2.30. The number of quaternary nitrogens is 1. The fraction of sp³-hybridized carbons (Fsp3) is 0.438. The Balaban J connectivity index is 0.00000264. The zero-order valence-electron chi connectivity index (χ0n) is 13.5. The number of methoxy groups -OCH3 is 1. The fourth-order valence-electron chi connectivity index (χ4n) is 2.62. The molecule has 0 aromatic heterocycles. The fourth-order valence-corrected chi connectivity index (χ4v) is 2.79. The van der Waals surface area contributed by atoms with Gasteiger partial charge in [0.1, 0.15) is 5.75 Å². The number of amides is 2. The maximum absolute atomic E-state index is 12.4. The monoisotopic (exact) mass is 451 g/mol. The van der Waals surface area contributed by atoms with Crippen LogP contribution in [0.4, 0.5) is 10.5 Å². The first-order valence-electron chi connectivity index (χ1n) is 7.31. The van der Waals surface area contributed by atoms with Crippen molar-refractivity contribution in [3.63, 3.8) is 0 Å². The van der Waals surface area contributed by atoms with E-state index in [1.54, 1.807) is 25.3 Å². The Hall–Kier alpha value is -0.990. The zero-order chi connectivity index (χ0) is 16.2. The molecule has 0 spiro atoms. The van der Waals surface area contributed by atoms with Crippen LogP contribution in [0.1, 0.15) is 0 Å². The van der Waals surface area contributed by atoms with Crippen LogP contribution in [0.5, 0.6) is 5.75 Å². The summed E-state index contributed by atoms with van der Waals surface area (Å²) in [6, 6.07) is 5.05. The Labute approximate surface area is 159 Å². The Bertz CT molecular complexity index is 560. The molecule has 1 heterocycles. The molecular weight excluding hydrogens is 429 g/mol. The third kappa shape index (κ3) is 5.26. The van der Waals surface area contributed by atoms with Crippen molar-refractivity contribution in [1.82, 2.24) is 4.90 Å². The highest BCUT2D eigenvalue weighted by molar-refractivity contribution is 6.31. The maximum atomic E-state index is 12.4. The predicted molar refractivity (Wildman–Crippen MR) is 89.6 cm³/mol. The minimum absolute atomic E-state index is 0. The molecule has 1 aromatic rings. The van der Waals surface area contributed by atoms with Crippen LogP contribution in [0.3, 0.4) is 0 Å². The SMILES string of the molecule is C=CC[N+]1(C)CCN(C(=O)Nc2cc(Cl)ccc2OC)CC1.[I-]. The van der Waals surface area contributed by atoms with Crippen LogP contribution in [-0.4, -0.2) is 62.3 Å². The van der Waals surface area contributed by atoms with Crippen molar-refractivity contribution in [1.29, 1.82) is 0 Å². The number of benzene rings is 1. The number of ether oxygens (including phenoxy) is 1. The molecule has 1 N–H and O–H groups in total. The topological polar surface area (TPSA) is 41.6 Å². The number of carbonyl (C=O) groups excluding carboxylic acids is 1. The van der Waals surface area contributed by atoms with Crippen LogP contribution in [0, 0.1) is 0 Å². The van der Waals surface area contributed by atoms with E-state index in [-0.39, 0.29) is 30.0 Å². The first-order chi connectivity index (χ1) is 10.5. The largest absolute Gasteiger partial charge is 1.00 e. The van der Waals surface area contributed by atoms with Crippen molar-refractivity contribution < 1.29 is 38.0 Å². The average Bonchev–Trinajstić information content (AvgIpc) is 2.48. The summed E-state index contributed by atoms with van der Waals surface area (Å²) in [4.78, 5) is 14.2. The summed E-state index contributed by atoms with van der Waals surface area (Å²) in [6.07, 6.45) is 1.94. The lowest BCUT2D eigenvalue weighted by Crippen LogP contribution is -3.00. The van der Waals surface area contributed by atoms with Crippen LogP contribution in [-0.2, 0) is 0 Å². The summed E-state index contributed by atoms with van der Waals surface area (Å²) >= 11 is 5.98. The van der Waals surface area contributed by atoms with Gasteiger partial charge in [0.15, 0.2) is 0 Å². The molecule has 0 aliphatic carbocycles. The van der Waals surface area contributed by atoms with Gasteiger partial charge >= 0.3 is 6.03 Å². The summed E-state index contributed by atoms with van der Waals surface area (Å²) in [5.74, 6) is 0.599. The molecule has 1 aliphatic rings. The van der Waals surface area contributed by atoms with Crippen LogP contribution in [0.25, 0.3) is 0 Å². The lowest BCUT2D eigenvalue weighted by Gasteiger charge is -2.41. The second kappa shape index (κ2) is 8.75. The van der Waals surface area contributed by atoms with Gasteiger partial charge in [-0.15, -0.1) is 0 Å². The summed E-state index contributed by atoms with van der Waals surface area (Å²) in [5.41, 5.74) is 0.592. The van der Waals surface area contributed by atoms with Crippen molar-refractivity contribution in [2.75, 3.05) is 52.2 Å². The van der Waals surface area contributed by atoms with Gasteiger partial charge in [0, 0.05) is 5.02 Å². The molecule has 1 aromatic carbocycles. The molecule has 1 fully saturated rings. The van der Waals surface area contributed by atoms with E-state index in [1.165, 1.54) is 0 Å². The van der Waals surface area contributed by atoms with Gasteiger partial charge in [-0.25, -0.2) is 4.79 Å². The number of likely N-dealkylation sites (N-methyl/N-ethyl adjacent to an activating group) is 1.